The molecular weight excluding hydrogens is 760 g/mol. The van der Waals surface area contributed by atoms with Crippen LogP contribution in [0.5, 0.6) is 11.5 Å². The number of ether oxygens (including phenoxy) is 1. The van der Waals surface area contributed by atoms with Gasteiger partial charge in [0.2, 0.25) is 9.84 Å². The predicted octanol–water partition coefficient (Wildman–Crippen LogP) is 4.65. The minimum Gasteiger partial charge on any atom is -0.506 e. The highest BCUT2D eigenvalue weighted by atomic mass is 127. The van der Waals surface area contributed by atoms with E-state index in [1.54, 1.807) is 19.2 Å². The van der Waals surface area contributed by atoms with Gasteiger partial charge < -0.3 is 9.84 Å². The van der Waals surface area contributed by atoms with Crippen LogP contribution in [0, 0.1) is 14.3 Å². The number of sulfone groups is 1. The topological polar surface area (TPSA) is 63.6 Å². The number of phenols is 1. The largest absolute Gasteiger partial charge is 0.506 e. The highest BCUT2D eigenvalue weighted by molar-refractivity contribution is 14.1. The van der Waals surface area contributed by atoms with E-state index in [2.05, 4.69) is 45.2 Å². The van der Waals surface area contributed by atoms with Crippen LogP contribution in [-0.4, -0.2) is 20.6 Å². The minimum atomic E-state index is -3.66. The zero-order valence-corrected chi connectivity index (χ0v) is 20.3. The van der Waals surface area contributed by atoms with Crippen molar-refractivity contribution in [2.75, 3.05) is 7.11 Å². The Hall–Kier alpha value is 0.910. The molecular formula is C13H8I4O4S. The molecule has 0 unspecified atom stereocenters. The Labute approximate surface area is 182 Å². The standard InChI is InChI=1S/C13H8I4O4S/c1-21-13-10(16)4-7(5-11(13)17)22(19,20)6-2-8(14)12(18)9(15)3-6/h2-5,18H,1H3. The van der Waals surface area contributed by atoms with Crippen LogP contribution in [0.1, 0.15) is 0 Å². The van der Waals surface area contributed by atoms with E-state index < -0.39 is 9.84 Å². The molecule has 2 aromatic rings. The van der Waals surface area contributed by atoms with Crippen molar-refractivity contribution in [3.05, 3.63) is 38.5 Å². The molecule has 0 heterocycles. The van der Waals surface area contributed by atoms with E-state index in [0.29, 0.717) is 12.9 Å². The van der Waals surface area contributed by atoms with Crippen molar-refractivity contribution in [1.82, 2.24) is 0 Å². The second-order valence-corrected chi connectivity index (χ2v) is 10.8. The van der Waals surface area contributed by atoms with Crippen LogP contribution in [0.15, 0.2) is 34.1 Å². The predicted molar refractivity (Wildman–Crippen MR) is 117 cm³/mol. The number of hydrogen-bond acceptors (Lipinski definition) is 4. The molecule has 2 rings (SSSR count). The fourth-order valence-corrected chi connectivity index (χ4v) is 7.91. The summed E-state index contributed by atoms with van der Waals surface area (Å²) in [6.07, 6.45) is 0. The van der Waals surface area contributed by atoms with Gasteiger partial charge in [-0.25, -0.2) is 8.42 Å². The normalized spacial score (nSPS) is 11.5. The first-order chi connectivity index (χ1) is 10.2. The van der Waals surface area contributed by atoms with Gasteiger partial charge in [-0.2, -0.15) is 0 Å². The number of benzene rings is 2. The Morgan fingerprint density at radius 1 is 0.864 bits per heavy atom. The van der Waals surface area contributed by atoms with E-state index in [1.165, 1.54) is 12.1 Å². The van der Waals surface area contributed by atoms with E-state index in [1.807, 2.05) is 45.2 Å². The summed E-state index contributed by atoms with van der Waals surface area (Å²) in [4.78, 5) is 0.371. The Bertz CT molecular complexity index is 803. The number of hydrogen-bond donors (Lipinski definition) is 1. The van der Waals surface area contributed by atoms with Crippen molar-refractivity contribution in [3.63, 3.8) is 0 Å². The van der Waals surface area contributed by atoms with Gasteiger partial charge in [0.05, 0.1) is 31.2 Å². The quantitative estimate of drug-likeness (QED) is 0.463. The van der Waals surface area contributed by atoms with Gasteiger partial charge in [0.15, 0.2) is 0 Å². The van der Waals surface area contributed by atoms with Gasteiger partial charge in [0.25, 0.3) is 0 Å². The summed E-state index contributed by atoms with van der Waals surface area (Å²) < 4.78 is 33.4. The minimum absolute atomic E-state index is 0.0963. The lowest BCUT2D eigenvalue weighted by Crippen LogP contribution is -2.05. The highest BCUT2D eigenvalue weighted by Gasteiger charge is 2.23. The van der Waals surface area contributed by atoms with Crippen molar-refractivity contribution in [2.45, 2.75) is 9.79 Å². The number of aromatic hydroxyl groups is 1. The lowest BCUT2D eigenvalue weighted by Gasteiger charge is -2.11. The summed E-state index contributed by atoms with van der Waals surface area (Å²) >= 11 is 7.94. The lowest BCUT2D eigenvalue weighted by atomic mass is 10.3. The molecule has 4 nitrogen and oxygen atoms in total. The molecule has 0 aromatic heterocycles. The first-order valence-corrected chi connectivity index (χ1v) is 11.4. The van der Waals surface area contributed by atoms with Crippen LogP contribution in [0.2, 0.25) is 0 Å². The molecule has 0 aliphatic rings. The molecule has 118 valence electrons. The molecule has 0 atom stereocenters. The second-order valence-electron chi connectivity index (χ2n) is 4.16. The number of rotatable bonds is 3. The van der Waals surface area contributed by atoms with Gasteiger partial charge in [-0.3, -0.25) is 0 Å². The SMILES string of the molecule is COc1c(I)cc(S(=O)(=O)c2cc(I)c(O)c(I)c2)cc1I. The smallest absolute Gasteiger partial charge is 0.206 e. The van der Waals surface area contributed by atoms with Crippen molar-refractivity contribution in [3.8, 4) is 11.5 Å². The molecule has 0 fully saturated rings. The zero-order chi connectivity index (χ0) is 16.7. The number of phenolic OH excluding ortho intramolecular Hbond substituents is 1. The van der Waals surface area contributed by atoms with E-state index in [-0.39, 0.29) is 15.5 Å². The van der Waals surface area contributed by atoms with Crippen LogP contribution >= 0.6 is 90.4 Å². The van der Waals surface area contributed by atoms with Crippen molar-refractivity contribution < 1.29 is 18.3 Å². The summed E-state index contributed by atoms with van der Waals surface area (Å²) in [6.45, 7) is 0. The molecule has 0 spiro atoms. The molecule has 0 amide bonds. The number of methoxy groups -OCH3 is 1. The van der Waals surface area contributed by atoms with E-state index in [0.717, 1.165) is 7.14 Å². The van der Waals surface area contributed by atoms with Crippen LogP contribution in [0.25, 0.3) is 0 Å². The monoisotopic (exact) mass is 768 g/mol. The Morgan fingerprint density at radius 3 is 1.59 bits per heavy atom. The van der Waals surface area contributed by atoms with Gasteiger partial charge in [-0.15, -0.1) is 0 Å². The van der Waals surface area contributed by atoms with Gasteiger partial charge in [0, 0.05) is 0 Å². The molecule has 9 heteroatoms. The number of halogens is 4. The Balaban J connectivity index is 2.66. The third kappa shape index (κ3) is 3.77. The first kappa shape index (κ1) is 19.2. The van der Waals surface area contributed by atoms with Gasteiger partial charge in [-0.05, 0) is 115 Å². The molecule has 0 bridgehead atoms. The third-order valence-electron chi connectivity index (χ3n) is 2.79. The van der Waals surface area contributed by atoms with Gasteiger partial charge >= 0.3 is 0 Å². The summed E-state index contributed by atoms with van der Waals surface area (Å²) in [6, 6.07) is 6.11. The molecule has 0 saturated carbocycles. The zero-order valence-electron chi connectivity index (χ0n) is 10.9. The molecule has 0 aliphatic carbocycles. The maximum absolute atomic E-state index is 12.8. The fourth-order valence-electron chi connectivity index (χ4n) is 1.72. The lowest BCUT2D eigenvalue weighted by molar-refractivity contribution is 0.408. The maximum atomic E-state index is 12.8. The average molecular weight is 768 g/mol. The average Bonchev–Trinajstić information content (AvgIpc) is 2.43. The fraction of sp³-hybridized carbons (Fsp3) is 0.0769. The van der Waals surface area contributed by atoms with E-state index >= 15 is 0 Å². The van der Waals surface area contributed by atoms with Crippen LogP contribution in [0.4, 0.5) is 0 Å². The second kappa shape index (κ2) is 7.43. The Kier molecular flexibility index (Phi) is 6.50. The van der Waals surface area contributed by atoms with Gasteiger partial charge in [0.1, 0.15) is 11.5 Å². The first-order valence-electron chi connectivity index (χ1n) is 5.64. The summed E-state index contributed by atoms with van der Waals surface area (Å²) in [5.41, 5.74) is 0. The van der Waals surface area contributed by atoms with Crippen LogP contribution in [0.3, 0.4) is 0 Å². The van der Waals surface area contributed by atoms with Gasteiger partial charge in [-0.1, -0.05) is 0 Å². The van der Waals surface area contributed by atoms with Crippen molar-refractivity contribution in [1.29, 1.82) is 0 Å². The molecule has 2 aromatic carbocycles. The maximum Gasteiger partial charge on any atom is 0.206 e. The van der Waals surface area contributed by atoms with Crippen molar-refractivity contribution in [2.24, 2.45) is 0 Å². The molecule has 22 heavy (non-hydrogen) atoms. The summed E-state index contributed by atoms with van der Waals surface area (Å²) in [5, 5.41) is 9.79. The summed E-state index contributed by atoms with van der Waals surface area (Å²) in [5.74, 6) is 0.758. The summed E-state index contributed by atoms with van der Waals surface area (Å²) in [7, 11) is -2.10. The van der Waals surface area contributed by atoms with Crippen LogP contribution in [-0.2, 0) is 9.84 Å². The Morgan fingerprint density at radius 2 is 1.23 bits per heavy atom. The van der Waals surface area contributed by atoms with Crippen molar-refractivity contribution >= 4 is 100 Å². The third-order valence-corrected chi connectivity index (χ3v) is 7.75. The van der Waals surface area contributed by atoms with Crippen LogP contribution < -0.4 is 4.74 Å². The molecule has 0 radical (unpaired) electrons. The van der Waals surface area contributed by atoms with E-state index in [4.69, 9.17) is 4.74 Å². The van der Waals surface area contributed by atoms with E-state index in [9.17, 15) is 13.5 Å². The molecule has 1 N–H and O–H groups in total. The highest BCUT2D eigenvalue weighted by Crippen LogP contribution is 2.35. The molecule has 0 aliphatic heterocycles. The molecule has 0 saturated heterocycles.